The van der Waals surface area contributed by atoms with Crippen LogP contribution in [0.3, 0.4) is 0 Å². The van der Waals surface area contributed by atoms with E-state index in [0.29, 0.717) is 10.6 Å². The molecule has 0 saturated heterocycles. The van der Waals surface area contributed by atoms with Crippen LogP contribution >= 0.6 is 15.9 Å². The number of benzene rings is 2. The molecule has 1 atom stereocenters. The van der Waals surface area contributed by atoms with Crippen molar-refractivity contribution >= 4 is 44.3 Å². The lowest BCUT2D eigenvalue weighted by atomic mass is 10.2. The summed E-state index contributed by atoms with van der Waals surface area (Å²) in [5.74, 6) is -1.13. The van der Waals surface area contributed by atoms with Crippen LogP contribution in [0, 0.1) is 6.92 Å². The summed E-state index contributed by atoms with van der Waals surface area (Å²) in [4.78, 5) is 24.4. The van der Waals surface area contributed by atoms with E-state index < -0.39 is 29.3 Å². The van der Waals surface area contributed by atoms with E-state index in [1.54, 1.807) is 30.3 Å². The highest BCUT2D eigenvalue weighted by Gasteiger charge is 2.16. The van der Waals surface area contributed by atoms with Crippen molar-refractivity contribution in [3.05, 3.63) is 58.1 Å². The lowest BCUT2D eigenvalue weighted by Gasteiger charge is -2.09. The van der Waals surface area contributed by atoms with Gasteiger partial charge < -0.3 is 10.1 Å². The first-order chi connectivity index (χ1) is 11.4. The van der Waals surface area contributed by atoms with E-state index >= 15 is 0 Å². The van der Waals surface area contributed by atoms with Crippen molar-refractivity contribution in [1.29, 1.82) is 0 Å². The Morgan fingerprint density at radius 1 is 1.21 bits per heavy atom. The average Bonchev–Trinajstić information content (AvgIpc) is 2.56. The molecule has 2 aromatic carbocycles. The second-order valence-electron chi connectivity index (χ2n) is 5.04. The van der Waals surface area contributed by atoms with Crippen LogP contribution in [0.2, 0.25) is 0 Å². The second kappa shape index (κ2) is 8.21. The van der Waals surface area contributed by atoms with E-state index in [-0.39, 0.29) is 5.56 Å². The van der Waals surface area contributed by atoms with Crippen LogP contribution in [0.5, 0.6) is 0 Å². The van der Waals surface area contributed by atoms with Crippen molar-refractivity contribution < 1.29 is 18.5 Å². The number of rotatable bonds is 5. The molecule has 2 aromatic rings. The summed E-state index contributed by atoms with van der Waals surface area (Å²) in [6.07, 6.45) is 1.48. The highest BCUT2D eigenvalue weighted by molar-refractivity contribution is 9.10. The van der Waals surface area contributed by atoms with E-state index in [9.17, 15) is 13.8 Å². The zero-order chi connectivity index (χ0) is 17.7. The zero-order valence-corrected chi connectivity index (χ0v) is 15.6. The number of aryl methyl sites for hydroxylation is 1. The van der Waals surface area contributed by atoms with Gasteiger partial charge in [-0.1, -0.05) is 34.1 Å². The number of hydrogen-bond acceptors (Lipinski definition) is 4. The monoisotopic (exact) mass is 409 g/mol. The first-order valence-corrected chi connectivity index (χ1v) is 9.39. The third-order valence-corrected chi connectivity index (χ3v) is 5.04. The number of anilines is 1. The number of hydrogen-bond donors (Lipinski definition) is 1. The fraction of sp³-hybridized carbons (Fsp3) is 0.176. The SMILES string of the molecule is Cc1ccc(NC(=O)COC(=O)c2ccccc2[S@@](C)=O)cc1Br. The van der Waals surface area contributed by atoms with Crippen LogP contribution in [-0.2, 0) is 20.3 Å². The van der Waals surface area contributed by atoms with Crippen LogP contribution in [-0.4, -0.2) is 28.9 Å². The number of carbonyl (C=O) groups excluding carboxylic acids is 2. The van der Waals surface area contributed by atoms with Crippen LogP contribution in [0.4, 0.5) is 5.69 Å². The molecule has 126 valence electrons. The van der Waals surface area contributed by atoms with E-state index in [2.05, 4.69) is 21.2 Å². The van der Waals surface area contributed by atoms with Gasteiger partial charge in [0.25, 0.3) is 5.91 Å². The Bertz CT molecular complexity index is 807. The van der Waals surface area contributed by atoms with E-state index in [1.807, 2.05) is 13.0 Å². The number of carbonyl (C=O) groups is 2. The normalized spacial score (nSPS) is 11.6. The molecule has 0 fully saturated rings. The number of ether oxygens (including phenoxy) is 1. The van der Waals surface area contributed by atoms with Crippen molar-refractivity contribution in [3.8, 4) is 0 Å². The Kier molecular flexibility index (Phi) is 6.28. The highest BCUT2D eigenvalue weighted by atomic mass is 79.9. The van der Waals surface area contributed by atoms with Gasteiger partial charge in [-0.25, -0.2) is 4.79 Å². The van der Waals surface area contributed by atoms with Crippen LogP contribution in [0.25, 0.3) is 0 Å². The number of amides is 1. The number of esters is 1. The van der Waals surface area contributed by atoms with Crippen molar-refractivity contribution in [1.82, 2.24) is 0 Å². The number of nitrogens with one attached hydrogen (secondary N) is 1. The summed E-state index contributed by atoms with van der Waals surface area (Å²) >= 11 is 3.38. The molecule has 0 radical (unpaired) electrons. The summed E-state index contributed by atoms with van der Waals surface area (Å²) in [6, 6.07) is 11.8. The summed E-state index contributed by atoms with van der Waals surface area (Å²) in [5, 5.41) is 2.65. The van der Waals surface area contributed by atoms with Gasteiger partial charge in [-0.2, -0.15) is 0 Å². The molecule has 0 aliphatic carbocycles. The lowest BCUT2D eigenvalue weighted by molar-refractivity contribution is -0.119. The Morgan fingerprint density at radius 3 is 2.58 bits per heavy atom. The molecule has 0 heterocycles. The quantitative estimate of drug-likeness (QED) is 0.768. The molecular formula is C17H16BrNO4S. The van der Waals surface area contributed by atoms with Gasteiger partial charge in [0.15, 0.2) is 6.61 Å². The molecule has 0 unspecified atom stereocenters. The summed E-state index contributed by atoms with van der Waals surface area (Å²) in [7, 11) is -1.32. The van der Waals surface area contributed by atoms with Gasteiger partial charge in [-0.05, 0) is 36.8 Å². The number of halogens is 1. The van der Waals surface area contributed by atoms with Gasteiger partial charge in [0.05, 0.1) is 21.3 Å². The fourth-order valence-corrected chi connectivity index (χ4v) is 3.07. The van der Waals surface area contributed by atoms with Gasteiger partial charge in [-0.3, -0.25) is 9.00 Å². The molecule has 5 nitrogen and oxygen atoms in total. The summed E-state index contributed by atoms with van der Waals surface area (Å²) in [5.41, 5.74) is 1.84. The predicted molar refractivity (Wildman–Crippen MR) is 96.6 cm³/mol. The van der Waals surface area contributed by atoms with E-state index in [0.717, 1.165) is 10.0 Å². The molecule has 1 amide bonds. The molecule has 24 heavy (non-hydrogen) atoms. The second-order valence-corrected chi connectivity index (χ2v) is 7.24. The van der Waals surface area contributed by atoms with Crippen molar-refractivity contribution in [2.75, 3.05) is 18.2 Å². The molecular weight excluding hydrogens is 394 g/mol. The largest absolute Gasteiger partial charge is 0.452 e. The van der Waals surface area contributed by atoms with Gasteiger partial charge in [0, 0.05) is 16.4 Å². The Hall–Kier alpha value is -1.99. The first kappa shape index (κ1) is 18.4. The van der Waals surface area contributed by atoms with Gasteiger partial charge in [0.1, 0.15) is 0 Å². The summed E-state index contributed by atoms with van der Waals surface area (Å²) < 4.78 is 17.5. The van der Waals surface area contributed by atoms with Gasteiger partial charge in [-0.15, -0.1) is 0 Å². The Balaban J connectivity index is 1.97. The molecule has 0 aliphatic rings. The minimum atomic E-state index is -1.32. The molecule has 0 spiro atoms. The maximum atomic E-state index is 12.1. The molecule has 0 saturated carbocycles. The summed E-state index contributed by atoms with van der Waals surface area (Å²) in [6.45, 7) is 1.52. The third kappa shape index (κ3) is 4.75. The standard InChI is InChI=1S/C17H16BrNO4S/c1-11-7-8-12(9-14(11)18)19-16(20)10-23-17(21)13-5-3-4-6-15(13)24(2)22/h3-9H,10H2,1-2H3,(H,19,20)/t24-/m1/s1. The highest BCUT2D eigenvalue weighted by Crippen LogP contribution is 2.20. The average molecular weight is 410 g/mol. The third-order valence-electron chi connectivity index (χ3n) is 3.21. The van der Waals surface area contributed by atoms with Crippen LogP contribution in [0.15, 0.2) is 51.8 Å². The Labute approximate surface area is 151 Å². The fourth-order valence-electron chi connectivity index (χ4n) is 1.96. The van der Waals surface area contributed by atoms with Gasteiger partial charge >= 0.3 is 5.97 Å². The molecule has 0 aliphatic heterocycles. The van der Waals surface area contributed by atoms with E-state index in [4.69, 9.17) is 4.74 Å². The van der Waals surface area contributed by atoms with Gasteiger partial charge in [0.2, 0.25) is 0 Å². The Morgan fingerprint density at radius 2 is 1.92 bits per heavy atom. The van der Waals surface area contributed by atoms with Crippen LogP contribution < -0.4 is 5.32 Å². The molecule has 7 heteroatoms. The first-order valence-electron chi connectivity index (χ1n) is 7.04. The van der Waals surface area contributed by atoms with Crippen molar-refractivity contribution in [2.24, 2.45) is 0 Å². The predicted octanol–water partition coefficient (Wildman–Crippen LogP) is 3.29. The molecule has 0 bridgehead atoms. The van der Waals surface area contributed by atoms with Crippen molar-refractivity contribution in [3.63, 3.8) is 0 Å². The molecule has 1 N–H and O–H groups in total. The topological polar surface area (TPSA) is 72.5 Å². The van der Waals surface area contributed by atoms with Crippen LogP contribution in [0.1, 0.15) is 15.9 Å². The minimum absolute atomic E-state index is 0.198. The molecule has 0 aromatic heterocycles. The van der Waals surface area contributed by atoms with E-state index in [1.165, 1.54) is 12.3 Å². The maximum absolute atomic E-state index is 12.1. The smallest absolute Gasteiger partial charge is 0.339 e. The zero-order valence-electron chi connectivity index (χ0n) is 13.2. The lowest BCUT2D eigenvalue weighted by Crippen LogP contribution is -2.21. The van der Waals surface area contributed by atoms with Crippen molar-refractivity contribution in [2.45, 2.75) is 11.8 Å². The molecule has 2 rings (SSSR count). The maximum Gasteiger partial charge on any atom is 0.339 e. The minimum Gasteiger partial charge on any atom is -0.452 e.